The van der Waals surface area contributed by atoms with Crippen LogP contribution in [-0.4, -0.2) is 65.3 Å². The monoisotopic (exact) mass is 556 g/mol. The Morgan fingerprint density at radius 2 is 1.97 bits per heavy atom. The highest BCUT2D eigenvalue weighted by atomic mass is 32.2. The van der Waals surface area contributed by atoms with E-state index in [4.69, 9.17) is 4.74 Å². The molecule has 10 heteroatoms. The molecule has 0 bridgehead atoms. The van der Waals surface area contributed by atoms with Gasteiger partial charge in [0.15, 0.2) is 5.13 Å². The molecule has 38 heavy (non-hydrogen) atoms. The van der Waals surface area contributed by atoms with Gasteiger partial charge in [-0.1, -0.05) is 50.4 Å². The molecule has 204 valence electrons. The summed E-state index contributed by atoms with van der Waals surface area (Å²) < 4.78 is 6.55. The van der Waals surface area contributed by atoms with Crippen molar-refractivity contribution in [1.82, 2.24) is 14.8 Å². The number of methoxy groups -OCH3 is 1. The van der Waals surface area contributed by atoms with E-state index >= 15 is 0 Å². The second-order valence-electron chi connectivity index (χ2n) is 10.9. The van der Waals surface area contributed by atoms with Gasteiger partial charge in [0.1, 0.15) is 5.75 Å². The van der Waals surface area contributed by atoms with Crippen molar-refractivity contribution in [2.24, 2.45) is 11.3 Å². The zero-order valence-electron chi connectivity index (χ0n) is 22.7. The van der Waals surface area contributed by atoms with Crippen molar-refractivity contribution in [3.8, 4) is 5.75 Å². The lowest BCUT2D eigenvalue weighted by Crippen LogP contribution is -2.51. The fourth-order valence-corrected chi connectivity index (χ4v) is 6.54. The van der Waals surface area contributed by atoms with Gasteiger partial charge in [0, 0.05) is 30.4 Å². The molecule has 1 N–H and O–H groups in total. The van der Waals surface area contributed by atoms with E-state index in [0.717, 1.165) is 27.5 Å². The standard InChI is InChI=1S/C28H36N4O4S2/c1-7-23(33)32-12-8-11-31(16-22(32)28(3,4)5)26(35)19-14-21(17(2)13-20(19)36-6)37-24-15-29-27(38-24)30-25(34)18-9-10-18/h7,13-15,18,22H,1,8-12,16H2,2-6H3,(H,29,30,34)/t22-/m0/s1. The van der Waals surface area contributed by atoms with Crippen LogP contribution in [0.25, 0.3) is 0 Å². The quantitative estimate of drug-likeness (QED) is 0.470. The Bertz CT molecular complexity index is 1230. The number of ether oxygens (including phenoxy) is 1. The van der Waals surface area contributed by atoms with Gasteiger partial charge < -0.3 is 19.9 Å². The van der Waals surface area contributed by atoms with E-state index in [1.54, 1.807) is 13.3 Å². The molecular weight excluding hydrogens is 520 g/mol. The fourth-order valence-electron chi connectivity index (χ4n) is 4.60. The lowest BCUT2D eigenvalue weighted by atomic mass is 9.85. The van der Waals surface area contributed by atoms with Gasteiger partial charge in [0.05, 0.1) is 29.1 Å². The first-order valence-electron chi connectivity index (χ1n) is 12.9. The zero-order valence-corrected chi connectivity index (χ0v) is 24.3. The first kappa shape index (κ1) is 28.2. The molecule has 1 aromatic heterocycles. The predicted molar refractivity (Wildman–Crippen MR) is 151 cm³/mol. The average molecular weight is 557 g/mol. The minimum atomic E-state index is -0.223. The molecule has 2 aromatic rings. The third-order valence-electron chi connectivity index (χ3n) is 6.94. The van der Waals surface area contributed by atoms with Crippen LogP contribution in [0, 0.1) is 18.3 Å². The Morgan fingerprint density at radius 1 is 1.24 bits per heavy atom. The number of carbonyl (C=O) groups excluding carboxylic acids is 3. The molecule has 1 atom stereocenters. The smallest absolute Gasteiger partial charge is 0.257 e. The van der Waals surface area contributed by atoms with E-state index in [9.17, 15) is 14.4 Å². The maximum Gasteiger partial charge on any atom is 0.257 e. The van der Waals surface area contributed by atoms with E-state index in [-0.39, 0.29) is 35.1 Å². The highest BCUT2D eigenvalue weighted by Gasteiger charge is 2.37. The maximum atomic E-state index is 13.9. The van der Waals surface area contributed by atoms with Crippen LogP contribution in [0.1, 0.15) is 56.0 Å². The molecule has 1 saturated carbocycles. The van der Waals surface area contributed by atoms with Crippen LogP contribution in [0.15, 0.2) is 40.1 Å². The number of nitrogens with one attached hydrogen (secondary N) is 1. The number of nitrogens with zero attached hydrogens (tertiary/aromatic N) is 3. The molecule has 1 aromatic carbocycles. The third-order valence-corrected chi connectivity index (χ3v) is 9.12. The summed E-state index contributed by atoms with van der Waals surface area (Å²) in [7, 11) is 1.57. The summed E-state index contributed by atoms with van der Waals surface area (Å²) >= 11 is 2.94. The third kappa shape index (κ3) is 6.40. The molecule has 3 amide bonds. The minimum Gasteiger partial charge on any atom is -0.496 e. The molecule has 2 aliphatic rings. The number of hydrogen-bond donors (Lipinski definition) is 1. The summed E-state index contributed by atoms with van der Waals surface area (Å²) in [6.07, 6.45) is 5.67. The number of aryl methyl sites for hydroxylation is 1. The number of hydrogen-bond acceptors (Lipinski definition) is 7. The molecule has 8 nitrogen and oxygen atoms in total. The van der Waals surface area contributed by atoms with Gasteiger partial charge in [0.25, 0.3) is 5.91 Å². The molecule has 0 unspecified atom stereocenters. The summed E-state index contributed by atoms with van der Waals surface area (Å²) in [5.74, 6) is 0.444. The summed E-state index contributed by atoms with van der Waals surface area (Å²) in [5, 5.41) is 3.48. The highest BCUT2D eigenvalue weighted by Crippen LogP contribution is 2.39. The van der Waals surface area contributed by atoms with E-state index in [2.05, 4.69) is 37.7 Å². The van der Waals surface area contributed by atoms with E-state index < -0.39 is 0 Å². The van der Waals surface area contributed by atoms with Crippen molar-refractivity contribution in [3.05, 3.63) is 42.1 Å². The first-order valence-corrected chi connectivity index (χ1v) is 14.5. The van der Waals surface area contributed by atoms with Crippen LogP contribution in [0.2, 0.25) is 0 Å². The molecule has 1 aliphatic carbocycles. The fraction of sp³-hybridized carbons (Fsp3) is 0.500. The van der Waals surface area contributed by atoms with Crippen LogP contribution in [0.4, 0.5) is 5.13 Å². The van der Waals surface area contributed by atoms with Gasteiger partial charge in [-0.15, -0.1) is 0 Å². The van der Waals surface area contributed by atoms with Crippen molar-refractivity contribution in [1.29, 1.82) is 0 Å². The molecule has 2 heterocycles. The number of thiazole rings is 1. The van der Waals surface area contributed by atoms with Crippen molar-refractivity contribution in [3.63, 3.8) is 0 Å². The van der Waals surface area contributed by atoms with Gasteiger partial charge in [0.2, 0.25) is 11.8 Å². The van der Waals surface area contributed by atoms with Crippen molar-refractivity contribution < 1.29 is 19.1 Å². The molecule has 1 saturated heterocycles. The summed E-state index contributed by atoms with van der Waals surface area (Å²) in [6, 6.07) is 3.62. The summed E-state index contributed by atoms with van der Waals surface area (Å²) in [6.45, 7) is 13.5. The van der Waals surface area contributed by atoms with Gasteiger partial charge >= 0.3 is 0 Å². The lowest BCUT2D eigenvalue weighted by molar-refractivity contribution is -0.130. The maximum absolute atomic E-state index is 13.9. The molecule has 0 radical (unpaired) electrons. The van der Waals surface area contributed by atoms with Gasteiger partial charge in [-0.2, -0.15) is 0 Å². The Hall–Kier alpha value is -2.85. The average Bonchev–Trinajstić information content (AvgIpc) is 3.67. The first-order chi connectivity index (χ1) is 18.0. The summed E-state index contributed by atoms with van der Waals surface area (Å²) in [4.78, 5) is 47.6. The highest BCUT2D eigenvalue weighted by molar-refractivity contribution is 8.01. The number of anilines is 1. The van der Waals surface area contributed by atoms with Crippen LogP contribution < -0.4 is 10.1 Å². The molecule has 4 rings (SSSR count). The van der Waals surface area contributed by atoms with E-state index in [0.29, 0.717) is 42.5 Å². The van der Waals surface area contributed by atoms with Gasteiger partial charge in [-0.3, -0.25) is 14.4 Å². The topological polar surface area (TPSA) is 91.8 Å². The Kier molecular flexibility index (Phi) is 8.52. The number of rotatable bonds is 7. The predicted octanol–water partition coefficient (Wildman–Crippen LogP) is 5.24. The SMILES string of the molecule is C=CC(=O)N1CCCN(C(=O)c2cc(Sc3cnc(NC(=O)C4CC4)s3)c(C)cc2OC)C[C@H]1C(C)(C)C. The normalized spacial score (nSPS) is 18.1. The molecule has 1 aliphatic heterocycles. The van der Waals surface area contributed by atoms with Crippen molar-refractivity contribution in [2.45, 2.75) is 62.1 Å². The zero-order chi connectivity index (χ0) is 27.6. The van der Waals surface area contributed by atoms with E-state index in [1.165, 1.54) is 29.2 Å². The molecule has 0 spiro atoms. The Balaban J connectivity index is 1.57. The Morgan fingerprint density at radius 3 is 2.61 bits per heavy atom. The number of benzene rings is 1. The second kappa shape index (κ2) is 11.5. The Labute approximate surface area is 232 Å². The number of amides is 3. The van der Waals surface area contributed by atoms with Crippen molar-refractivity contribution in [2.75, 3.05) is 32.1 Å². The second-order valence-corrected chi connectivity index (χ2v) is 13.3. The van der Waals surface area contributed by atoms with Crippen LogP contribution in [0.5, 0.6) is 5.75 Å². The largest absolute Gasteiger partial charge is 0.496 e. The molecule has 2 fully saturated rings. The number of aromatic nitrogens is 1. The van der Waals surface area contributed by atoms with Crippen LogP contribution in [0.3, 0.4) is 0 Å². The lowest BCUT2D eigenvalue weighted by Gasteiger charge is -2.40. The summed E-state index contributed by atoms with van der Waals surface area (Å²) in [5.41, 5.74) is 1.24. The van der Waals surface area contributed by atoms with Crippen LogP contribution >= 0.6 is 23.1 Å². The van der Waals surface area contributed by atoms with Crippen molar-refractivity contribution >= 4 is 46.0 Å². The molecular formula is C28H36N4O4S2. The van der Waals surface area contributed by atoms with Gasteiger partial charge in [-0.05, 0) is 55.4 Å². The van der Waals surface area contributed by atoms with Gasteiger partial charge in [-0.25, -0.2) is 4.98 Å². The van der Waals surface area contributed by atoms with Crippen LogP contribution in [-0.2, 0) is 9.59 Å². The number of carbonyl (C=O) groups is 3. The van der Waals surface area contributed by atoms with E-state index in [1.807, 2.05) is 28.9 Å². The minimum absolute atomic E-state index is 0.0313.